The highest BCUT2D eigenvalue weighted by Crippen LogP contribution is 2.22. The van der Waals surface area contributed by atoms with Crippen LogP contribution in [0.2, 0.25) is 0 Å². The third kappa shape index (κ3) is 5.18. The summed E-state index contributed by atoms with van der Waals surface area (Å²) in [6.07, 6.45) is 2.33. The average Bonchev–Trinajstić information content (AvgIpc) is 3.08. The summed E-state index contributed by atoms with van der Waals surface area (Å²) in [5.74, 6) is -0.0435. The molecule has 0 radical (unpaired) electrons. The number of amides is 1. The number of nitrogens with zero attached hydrogens (tertiary/aromatic N) is 4. The molecule has 7 nitrogen and oxygen atoms in total. The van der Waals surface area contributed by atoms with Gasteiger partial charge in [0.1, 0.15) is 6.10 Å². The largest absolute Gasteiger partial charge is 0.369 e. The number of pyridine rings is 1. The molecule has 1 aliphatic rings. The summed E-state index contributed by atoms with van der Waals surface area (Å²) >= 11 is 0. The van der Waals surface area contributed by atoms with Crippen molar-refractivity contribution in [1.82, 2.24) is 19.7 Å². The quantitative estimate of drug-likeness (QED) is 0.665. The lowest BCUT2D eigenvalue weighted by molar-refractivity contribution is -0.119. The van der Waals surface area contributed by atoms with Crippen molar-refractivity contribution in [1.29, 1.82) is 0 Å². The zero-order valence-corrected chi connectivity index (χ0v) is 18.3. The van der Waals surface area contributed by atoms with Crippen LogP contribution >= 0.6 is 0 Å². The van der Waals surface area contributed by atoms with E-state index < -0.39 is 0 Å². The van der Waals surface area contributed by atoms with E-state index in [4.69, 9.17) is 9.72 Å². The minimum atomic E-state index is -0.140. The number of hydrogen-bond acceptors (Lipinski definition) is 5. The molecule has 1 amide bonds. The molecule has 1 unspecified atom stereocenters. The molecule has 2 aromatic heterocycles. The second-order valence-electron chi connectivity index (χ2n) is 8.07. The lowest BCUT2D eigenvalue weighted by atomic mass is 10.0. The Balaban J connectivity index is 1.38. The fraction of sp³-hybridized carbons (Fsp3) is 0.375. The smallest absolute Gasteiger partial charge is 0.238 e. The lowest BCUT2D eigenvalue weighted by Crippen LogP contribution is -2.42. The fourth-order valence-electron chi connectivity index (χ4n) is 3.82. The second kappa shape index (κ2) is 9.41. The van der Waals surface area contributed by atoms with Crippen LogP contribution in [0.1, 0.15) is 34.3 Å². The summed E-state index contributed by atoms with van der Waals surface area (Å²) < 4.78 is 7.74. The summed E-state index contributed by atoms with van der Waals surface area (Å²) in [6.45, 7) is 6.31. The highest BCUT2D eigenvalue weighted by atomic mass is 16.5. The first-order chi connectivity index (χ1) is 15.0. The molecule has 3 aromatic rings. The van der Waals surface area contributed by atoms with Gasteiger partial charge in [-0.2, -0.15) is 5.10 Å². The zero-order valence-electron chi connectivity index (χ0n) is 18.3. The third-order valence-electron chi connectivity index (χ3n) is 5.82. The summed E-state index contributed by atoms with van der Waals surface area (Å²) in [6, 6.07) is 14.5. The Labute approximate surface area is 183 Å². The topological polar surface area (TPSA) is 72.3 Å². The maximum Gasteiger partial charge on any atom is 0.238 e. The van der Waals surface area contributed by atoms with E-state index in [9.17, 15) is 4.79 Å². The normalized spacial score (nSPS) is 16.9. The number of carbonyl (C=O) groups is 1. The van der Waals surface area contributed by atoms with Crippen LogP contribution < -0.4 is 5.32 Å². The molecule has 1 fully saturated rings. The number of ether oxygens (including phenoxy) is 1. The number of hydrogen-bond donors (Lipinski definition) is 1. The van der Waals surface area contributed by atoms with Crippen LogP contribution in [0, 0.1) is 13.8 Å². The molecule has 0 bridgehead atoms. The number of aryl methyl sites for hydroxylation is 2. The number of benzene rings is 1. The van der Waals surface area contributed by atoms with E-state index >= 15 is 0 Å². The molecule has 0 aliphatic carbocycles. The Hall–Kier alpha value is -3.03. The summed E-state index contributed by atoms with van der Waals surface area (Å²) in [4.78, 5) is 19.5. The second-order valence-corrected chi connectivity index (χ2v) is 8.07. The van der Waals surface area contributed by atoms with E-state index in [0.29, 0.717) is 19.7 Å². The van der Waals surface area contributed by atoms with E-state index in [-0.39, 0.29) is 12.0 Å². The third-order valence-corrected chi connectivity index (χ3v) is 5.82. The molecule has 1 saturated heterocycles. The van der Waals surface area contributed by atoms with Gasteiger partial charge in [-0.25, -0.2) is 0 Å². The first kappa shape index (κ1) is 21.2. The highest BCUT2D eigenvalue weighted by Gasteiger charge is 2.25. The van der Waals surface area contributed by atoms with Gasteiger partial charge < -0.3 is 10.1 Å². The number of rotatable bonds is 6. The van der Waals surface area contributed by atoms with Gasteiger partial charge in [0.05, 0.1) is 36.4 Å². The summed E-state index contributed by atoms with van der Waals surface area (Å²) in [7, 11) is 1.86. The Morgan fingerprint density at radius 3 is 2.81 bits per heavy atom. The number of anilines is 1. The molecule has 162 valence electrons. The highest BCUT2D eigenvalue weighted by molar-refractivity contribution is 5.92. The van der Waals surface area contributed by atoms with Crippen LogP contribution in [0.15, 0.2) is 48.7 Å². The predicted molar refractivity (Wildman–Crippen MR) is 120 cm³/mol. The summed E-state index contributed by atoms with van der Waals surface area (Å²) in [5.41, 5.74) is 6.17. The van der Waals surface area contributed by atoms with Crippen LogP contribution in [-0.4, -0.2) is 51.8 Å². The number of nitrogens with one attached hydrogen (secondary N) is 1. The number of carbonyl (C=O) groups excluding carboxylic acids is 1. The molecule has 31 heavy (non-hydrogen) atoms. The van der Waals surface area contributed by atoms with Crippen LogP contribution in [0.5, 0.6) is 0 Å². The molecule has 7 heteroatoms. The Morgan fingerprint density at radius 2 is 2.03 bits per heavy atom. The van der Waals surface area contributed by atoms with Crippen molar-refractivity contribution in [3.8, 4) is 0 Å². The Bertz CT molecular complexity index is 1060. The molecule has 1 aliphatic heterocycles. The molecule has 4 rings (SSSR count). The lowest BCUT2D eigenvalue weighted by Gasteiger charge is -2.32. The van der Waals surface area contributed by atoms with E-state index in [0.717, 1.165) is 35.7 Å². The van der Waals surface area contributed by atoms with Crippen molar-refractivity contribution in [2.75, 3.05) is 31.6 Å². The molecule has 3 heterocycles. The van der Waals surface area contributed by atoms with Crippen molar-refractivity contribution in [3.63, 3.8) is 0 Å². The first-order valence-electron chi connectivity index (χ1n) is 10.6. The van der Waals surface area contributed by atoms with Crippen molar-refractivity contribution < 1.29 is 9.53 Å². The van der Waals surface area contributed by atoms with Gasteiger partial charge >= 0.3 is 0 Å². The van der Waals surface area contributed by atoms with Gasteiger partial charge in [-0.1, -0.05) is 30.3 Å². The minimum absolute atomic E-state index is 0.0435. The molecular weight excluding hydrogens is 390 g/mol. The average molecular weight is 420 g/mol. The maximum absolute atomic E-state index is 12.5. The van der Waals surface area contributed by atoms with E-state index in [2.05, 4.69) is 52.6 Å². The standard InChI is InChI=1S/C24H29N5O2/c1-17-7-4-5-8-19(17)13-20-9-6-10-21(26-20)23-15-29(11-12-31-23)16-24(30)27-22-14-25-28(3)18(22)2/h4-10,14,23H,11-13,15-16H2,1-3H3,(H,27,30). The molecular formula is C24H29N5O2. The predicted octanol–water partition coefficient (Wildman–Crippen LogP) is 3.03. The van der Waals surface area contributed by atoms with Gasteiger partial charge in [-0.05, 0) is 37.1 Å². The SMILES string of the molecule is Cc1ccccc1Cc1cccc(C2CN(CC(=O)Nc3cnn(C)c3C)CCO2)n1. The molecule has 0 saturated carbocycles. The van der Waals surface area contributed by atoms with E-state index in [1.807, 2.05) is 26.1 Å². The maximum atomic E-state index is 12.5. The zero-order chi connectivity index (χ0) is 21.8. The van der Waals surface area contributed by atoms with Gasteiger partial charge in [-0.3, -0.25) is 19.4 Å². The molecule has 1 aromatic carbocycles. The van der Waals surface area contributed by atoms with Gasteiger partial charge in [0, 0.05) is 32.3 Å². The van der Waals surface area contributed by atoms with Crippen molar-refractivity contribution in [2.45, 2.75) is 26.4 Å². The van der Waals surface area contributed by atoms with Crippen LogP contribution in [-0.2, 0) is 23.0 Å². The summed E-state index contributed by atoms with van der Waals surface area (Å²) in [5, 5.41) is 7.13. The van der Waals surface area contributed by atoms with Gasteiger partial charge in [-0.15, -0.1) is 0 Å². The van der Waals surface area contributed by atoms with E-state index in [1.165, 1.54) is 11.1 Å². The number of morpholine rings is 1. The van der Waals surface area contributed by atoms with Gasteiger partial charge in [0.2, 0.25) is 5.91 Å². The van der Waals surface area contributed by atoms with Crippen LogP contribution in [0.3, 0.4) is 0 Å². The first-order valence-corrected chi connectivity index (χ1v) is 10.6. The van der Waals surface area contributed by atoms with Gasteiger partial charge in [0.15, 0.2) is 0 Å². The Morgan fingerprint density at radius 1 is 1.19 bits per heavy atom. The van der Waals surface area contributed by atoms with Crippen molar-refractivity contribution in [3.05, 3.63) is 76.9 Å². The molecule has 0 spiro atoms. The van der Waals surface area contributed by atoms with Crippen molar-refractivity contribution >= 4 is 11.6 Å². The van der Waals surface area contributed by atoms with Gasteiger partial charge in [0.25, 0.3) is 0 Å². The fourth-order valence-corrected chi connectivity index (χ4v) is 3.82. The van der Waals surface area contributed by atoms with Crippen LogP contribution in [0.4, 0.5) is 5.69 Å². The monoisotopic (exact) mass is 419 g/mol. The minimum Gasteiger partial charge on any atom is -0.369 e. The van der Waals surface area contributed by atoms with E-state index in [1.54, 1.807) is 10.9 Å². The Kier molecular flexibility index (Phi) is 6.44. The number of aromatic nitrogens is 3. The molecule has 1 N–H and O–H groups in total. The van der Waals surface area contributed by atoms with Crippen molar-refractivity contribution in [2.24, 2.45) is 7.05 Å². The molecule has 1 atom stereocenters. The van der Waals surface area contributed by atoms with Crippen LogP contribution in [0.25, 0.3) is 0 Å².